The van der Waals surface area contributed by atoms with Crippen LogP contribution in [-0.2, 0) is 29.6 Å². The number of aryl methyl sites for hydroxylation is 1. The van der Waals surface area contributed by atoms with E-state index in [-0.39, 0.29) is 33.2 Å². The second kappa shape index (κ2) is 7.73. The van der Waals surface area contributed by atoms with Crippen molar-refractivity contribution in [1.82, 2.24) is 0 Å². The third kappa shape index (κ3) is 3.90. The number of amides is 1. The second-order valence-electron chi connectivity index (χ2n) is 6.87. The predicted molar refractivity (Wildman–Crippen MR) is 110 cm³/mol. The highest BCUT2D eigenvalue weighted by Crippen LogP contribution is 2.31. The molecule has 0 radical (unpaired) electrons. The number of benzene rings is 2. The van der Waals surface area contributed by atoms with Crippen molar-refractivity contribution in [3.63, 3.8) is 0 Å². The van der Waals surface area contributed by atoms with Crippen molar-refractivity contribution in [2.24, 2.45) is 5.92 Å². The van der Waals surface area contributed by atoms with E-state index < -0.39 is 37.8 Å². The van der Waals surface area contributed by atoms with Crippen molar-refractivity contribution in [2.45, 2.75) is 18.7 Å². The first-order valence-electron chi connectivity index (χ1n) is 8.85. The van der Waals surface area contributed by atoms with Gasteiger partial charge < -0.3 is 4.74 Å². The maximum absolute atomic E-state index is 12.9. The molecule has 2 aromatic carbocycles. The van der Waals surface area contributed by atoms with Gasteiger partial charge in [0, 0.05) is 0 Å². The molecule has 1 amide bonds. The lowest BCUT2D eigenvalue weighted by molar-refractivity contribution is -0.119. The largest absolute Gasteiger partial charge is 0.465 e. The van der Waals surface area contributed by atoms with Crippen molar-refractivity contribution in [3.8, 4) is 0 Å². The van der Waals surface area contributed by atoms with Crippen LogP contribution in [0.4, 0.5) is 11.4 Å². The van der Waals surface area contributed by atoms with Gasteiger partial charge in [0.1, 0.15) is 0 Å². The van der Waals surface area contributed by atoms with Gasteiger partial charge in [-0.25, -0.2) is 25.9 Å². The Morgan fingerprint density at radius 2 is 1.87 bits per heavy atom. The van der Waals surface area contributed by atoms with Crippen molar-refractivity contribution in [2.75, 3.05) is 21.9 Å². The Morgan fingerprint density at radius 1 is 1.20 bits per heavy atom. The monoisotopic (exact) mass is 452 g/mol. The first kappa shape index (κ1) is 21.8. The number of sulfonamides is 2. The molecule has 1 N–H and O–H groups in total. The average molecular weight is 453 g/mol. The van der Waals surface area contributed by atoms with Crippen LogP contribution in [0.3, 0.4) is 0 Å². The molecule has 3 rings (SSSR count). The van der Waals surface area contributed by atoms with E-state index in [0.29, 0.717) is 4.31 Å². The maximum atomic E-state index is 12.9. The summed E-state index contributed by atoms with van der Waals surface area (Å²) in [4.78, 5) is 24.0. The van der Waals surface area contributed by atoms with Crippen LogP contribution in [0.5, 0.6) is 0 Å². The van der Waals surface area contributed by atoms with Gasteiger partial charge in [0.2, 0.25) is 15.9 Å². The Morgan fingerprint density at radius 3 is 2.43 bits per heavy atom. The molecule has 1 saturated heterocycles. The first-order chi connectivity index (χ1) is 14.0. The summed E-state index contributed by atoms with van der Waals surface area (Å²) in [6.45, 7) is 3.01. The number of para-hydroxylation sites is 1. The Kier molecular flexibility index (Phi) is 5.61. The van der Waals surface area contributed by atoms with E-state index >= 15 is 0 Å². The zero-order valence-electron chi connectivity index (χ0n) is 16.4. The lowest BCUT2D eigenvalue weighted by Crippen LogP contribution is -2.30. The molecule has 1 aliphatic rings. The zero-order chi connectivity index (χ0) is 22.3. The molecular weight excluding hydrogens is 432 g/mol. The van der Waals surface area contributed by atoms with E-state index in [1.165, 1.54) is 51.3 Å². The standard InChI is InChI=1S/C19H20N2O7S2/c1-12-10-14(21-18(22)13(2)11-29(21,24)25)8-9-17(12)30(26,27)20-16-7-5-4-6-15(16)19(23)28-3/h4-10,13,20H,11H2,1-3H3/t13-/m1/s1. The summed E-state index contributed by atoms with van der Waals surface area (Å²) in [5, 5.41) is 0. The molecule has 1 atom stereocenters. The quantitative estimate of drug-likeness (QED) is 0.686. The normalized spacial score (nSPS) is 18.3. The molecule has 160 valence electrons. The fraction of sp³-hybridized carbons (Fsp3) is 0.263. The van der Waals surface area contributed by atoms with E-state index in [0.717, 1.165) is 0 Å². The number of nitrogens with zero attached hydrogens (tertiary/aromatic N) is 1. The summed E-state index contributed by atoms with van der Waals surface area (Å²) in [7, 11) is -6.73. The molecule has 0 aromatic heterocycles. The van der Waals surface area contributed by atoms with Crippen LogP contribution < -0.4 is 9.03 Å². The van der Waals surface area contributed by atoms with Gasteiger partial charge in [0.05, 0.1) is 40.6 Å². The van der Waals surface area contributed by atoms with E-state index in [1.54, 1.807) is 12.1 Å². The Balaban J connectivity index is 1.98. The van der Waals surface area contributed by atoms with Crippen LogP contribution >= 0.6 is 0 Å². The molecule has 0 unspecified atom stereocenters. The number of methoxy groups -OCH3 is 1. The van der Waals surface area contributed by atoms with Crippen LogP contribution in [-0.4, -0.2) is 41.6 Å². The van der Waals surface area contributed by atoms with Crippen LogP contribution in [0.25, 0.3) is 0 Å². The number of nitrogens with one attached hydrogen (secondary N) is 1. The Bertz CT molecular complexity index is 1240. The molecule has 1 aliphatic heterocycles. The fourth-order valence-corrected chi connectivity index (χ4v) is 6.33. The van der Waals surface area contributed by atoms with Gasteiger partial charge in [-0.1, -0.05) is 19.1 Å². The van der Waals surface area contributed by atoms with Crippen molar-refractivity contribution < 1.29 is 31.2 Å². The van der Waals surface area contributed by atoms with E-state index in [2.05, 4.69) is 9.46 Å². The van der Waals surface area contributed by atoms with Crippen molar-refractivity contribution >= 4 is 43.3 Å². The third-order valence-electron chi connectivity index (χ3n) is 4.62. The minimum atomic E-state index is -4.11. The summed E-state index contributed by atoms with van der Waals surface area (Å²) in [6.07, 6.45) is 0. The van der Waals surface area contributed by atoms with Crippen LogP contribution in [0, 0.1) is 12.8 Å². The van der Waals surface area contributed by atoms with Gasteiger partial charge in [-0.2, -0.15) is 0 Å². The summed E-state index contributed by atoms with van der Waals surface area (Å²) < 4.78 is 58.1. The lowest BCUT2D eigenvalue weighted by Gasteiger charge is -2.18. The number of hydrogen-bond donors (Lipinski definition) is 1. The second-order valence-corrected chi connectivity index (χ2v) is 10.4. The van der Waals surface area contributed by atoms with E-state index in [4.69, 9.17) is 0 Å². The van der Waals surface area contributed by atoms with Crippen LogP contribution in [0.1, 0.15) is 22.8 Å². The molecule has 1 fully saturated rings. The molecule has 11 heteroatoms. The summed E-state index contributed by atoms with van der Waals surface area (Å²) in [5.74, 6) is -2.23. The highest BCUT2D eigenvalue weighted by atomic mass is 32.2. The Labute approximate surface area is 174 Å². The summed E-state index contributed by atoms with van der Waals surface area (Å²) in [6, 6.07) is 9.79. The van der Waals surface area contributed by atoms with Crippen molar-refractivity contribution in [3.05, 3.63) is 53.6 Å². The number of rotatable bonds is 5. The molecular formula is C19H20N2O7S2. The molecule has 0 saturated carbocycles. The molecule has 30 heavy (non-hydrogen) atoms. The predicted octanol–water partition coefficient (Wildman–Crippen LogP) is 1.89. The first-order valence-corrected chi connectivity index (χ1v) is 11.9. The molecule has 2 aromatic rings. The molecule has 9 nitrogen and oxygen atoms in total. The average Bonchev–Trinajstić information content (AvgIpc) is 2.87. The number of esters is 1. The molecule has 0 bridgehead atoms. The maximum Gasteiger partial charge on any atom is 0.339 e. The Hall–Kier alpha value is -2.92. The minimum Gasteiger partial charge on any atom is -0.465 e. The topological polar surface area (TPSA) is 127 Å². The van der Waals surface area contributed by atoms with Crippen molar-refractivity contribution in [1.29, 1.82) is 0 Å². The van der Waals surface area contributed by atoms with E-state index in [1.807, 2.05) is 0 Å². The third-order valence-corrected chi connectivity index (χ3v) is 8.01. The summed E-state index contributed by atoms with van der Waals surface area (Å²) in [5.41, 5.74) is 0.397. The highest BCUT2D eigenvalue weighted by Gasteiger charge is 2.42. The number of anilines is 2. The lowest BCUT2D eigenvalue weighted by atomic mass is 10.2. The van der Waals surface area contributed by atoms with Crippen LogP contribution in [0.2, 0.25) is 0 Å². The molecule has 0 spiro atoms. The minimum absolute atomic E-state index is 0.0407. The van der Waals surface area contributed by atoms with Gasteiger partial charge in [0.15, 0.2) is 0 Å². The SMILES string of the molecule is COC(=O)c1ccccc1NS(=O)(=O)c1ccc(N2C(=O)[C@H](C)CS2(=O)=O)cc1C. The number of carbonyl (C=O) groups is 2. The highest BCUT2D eigenvalue weighted by molar-refractivity contribution is 7.94. The van der Waals surface area contributed by atoms with Gasteiger partial charge in [-0.15, -0.1) is 0 Å². The summed E-state index contributed by atoms with van der Waals surface area (Å²) >= 11 is 0. The van der Waals surface area contributed by atoms with E-state index in [9.17, 15) is 26.4 Å². The van der Waals surface area contributed by atoms with Gasteiger partial charge in [-0.05, 0) is 42.8 Å². The molecule has 1 heterocycles. The number of hydrogen-bond acceptors (Lipinski definition) is 7. The van der Waals surface area contributed by atoms with Gasteiger partial charge in [0.25, 0.3) is 10.0 Å². The van der Waals surface area contributed by atoms with Gasteiger partial charge >= 0.3 is 5.97 Å². The number of carbonyl (C=O) groups excluding carboxylic acids is 2. The number of ether oxygens (including phenoxy) is 1. The van der Waals surface area contributed by atoms with Gasteiger partial charge in [-0.3, -0.25) is 9.52 Å². The van der Waals surface area contributed by atoms with Crippen LogP contribution in [0.15, 0.2) is 47.4 Å². The fourth-order valence-electron chi connectivity index (χ4n) is 3.21. The zero-order valence-corrected chi connectivity index (χ0v) is 18.1. The molecule has 0 aliphatic carbocycles. The smallest absolute Gasteiger partial charge is 0.339 e.